The van der Waals surface area contributed by atoms with Crippen LogP contribution >= 0.6 is 0 Å². The molecule has 0 aliphatic heterocycles. The third kappa shape index (κ3) is 5.85. The summed E-state index contributed by atoms with van der Waals surface area (Å²) in [5.41, 5.74) is 7.26. The van der Waals surface area contributed by atoms with E-state index in [-0.39, 0.29) is 18.6 Å². The minimum Gasteiger partial charge on any atom is -0.482 e. The van der Waals surface area contributed by atoms with Gasteiger partial charge in [0.1, 0.15) is 5.75 Å². The maximum absolute atomic E-state index is 13.2. The van der Waals surface area contributed by atoms with Crippen LogP contribution in [-0.2, 0) is 11.3 Å². The van der Waals surface area contributed by atoms with Gasteiger partial charge < -0.3 is 19.7 Å². The number of hydrogen-bond donors (Lipinski definition) is 2. The van der Waals surface area contributed by atoms with E-state index in [2.05, 4.69) is 55.8 Å². The molecule has 2 N–H and O–H groups in total. The van der Waals surface area contributed by atoms with Crippen LogP contribution in [0.25, 0.3) is 10.9 Å². The van der Waals surface area contributed by atoms with E-state index in [9.17, 15) is 9.59 Å². The lowest BCUT2D eigenvalue weighted by atomic mass is 9.98. The highest BCUT2D eigenvalue weighted by Crippen LogP contribution is 2.28. The first-order valence-electron chi connectivity index (χ1n) is 12.6. The number of nitrogens with one attached hydrogen (secondary N) is 1. The molecule has 0 saturated heterocycles. The number of hydrogen-bond acceptors (Lipinski definition) is 3. The minimum absolute atomic E-state index is 0.0996. The summed E-state index contributed by atoms with van der Waals surface area (Å²) in [6.45, 7) is 10.7. The van der Waals surface area contributed by atoms with Gasteiger partial charge in [-0.05, 0) is 79.3 Å². The molecule has 1 atom stereocenters. The Balaban J connectivity index is 1.56. The molecule has 6 heteroatoms. The number of carbonyl (C=O) groups excluding carboxylic acids is 1. The zero-order chi connectivity index (χ0) is 26.7. The number of amides is 1. The topological polar surface area (TPSA) is 80.6 Å². The second-order valence-electron chi connectivity index (χ2n) is 9.88. The van der Waals surface area contributed by atoms with Gasteiger partial charge in [-0.25, -0.2) is 4.79 Å². The summed E-state index contributed by atoms with van der Waals surface area (Å²) in [7, 11) is 0. The highest BCUT2D eigenvalue weighted by molar-refractivity contribution is 5.99. The van der Waals surface area contributed by atoms with Gasteiger partial charge in [0.25, 0.3) is 5.91 Å². The highest BCUT2D eigenvalue weighted by atomic mass is 16.5. The van der Waals surface area contributed by atoms with Crippen LogP contribution in [0, 0.1) is 13.8 Å². The molecular formula is C31H34N2O4. The average Bonchev–Trinajstić information content (AvgIpc) is 3.12. The molecule has 0 aliphatic carbocycles. The maximum Gasteiger partial charge on any atom is 0.341 e. The van der Waals surface area contributed by atoms with E-state index in [0.717, 1.165) is 33.3 Å². The van der Waals surface area contributed by atoms with E-state index < -0.39 is 5.97 Å². The van der Waals surface area contributed by atoms with E-state index >= 15 is 0 Å². The largest absolute Gasteiger partial charge is 0.482 e. The van der Waals surface area contributed by atoms with Crippen LogP contribution in [0.4, 0.5) is 0 Å². The molecule has 37 heavy (non-hydrogen) atoms. The Morgan fingerprint density at radius 1 is 0.946 bits per heavy atom. The SMILES string of the molecule is Cc1c(C)n(Cc2cccc(OCC(=O)O)c2)c2ccc(C(=O)NC(C)c3cccc(C(C)C)c3)cc12. The predicted molar refractivity (Wildman–Crippen MR) is 146 cm³/mol. The Labute approximate surface area is 217 Å². The molecule has 0 bridgehead atoms. The summed E-state index contributed by atoms with van der Waals surface area (Å²) in [5.74, 6) is -0.151. The van der Waals surface area contributed by atoms with Gasteiger partial charge in [0.2, 0.25) is 0 Å². The van der Waals surface area contributed by atoms with Crippen LogP contribution in [0.1, 0.15) is 71.0 Å². The van der Waals surface area contributed by atoms with E-state index in [1.165, 1.54) is 5.56 Å². The van der Waals surface area contributed by atoms with Crippen molar-refractivity contribution >= 4 is 22.8 Å². The first-order valence-corrected chi connectivity index (χ1v) is 12.6. The fourth-order valence-corrected chi connectivity index (χ4v) is 4.61. The molecule has 0 radical (unpaired) electrons. The number of fused-ring (bicyclic) bond motifs is 1. The van der Waals surface area contributed by atoms with Gasteiger partial charge in [0.05, 0.1) is 6.04 Å². The van der Waals surface area contributed by atoms with Gasteiger partial charge in [-0.15, -0.1) is 0 Å². The van der Waals surface area contributed by atoms with Crippen LogP contribution in [0.3, 0.4) is 0 Å². The molecule has 1 heterocycles. The number of carboxylic acid groups (broad SMARTS) is 1. The van der Waals surface area contributed by atoms with Crippen molar-refractivity contribution in [3.05, 3.63) is 100 Å². The van der Waals surface area contributed by atoms with Crippen molar-refractivity contribution in [2.45, 2.75) is 53.1 Å². The third-order valence-electron chi connectivity index (χ3n) is 6.93. The quantitative estimate of drug-likeness (QED) is 0.280. The maximum atomic E-state index is 13.2. The van der Waals surface area contributed by atoms with Gasteiger partial charge in [-0.1, -0.05) is 50.2 Å². The average molecular weight is 499 g/mol. The van der Waals surface area contributed by atoms with Gasteiger partial charge in [-0.3, -0.25) is 4.79 Å². The Morgan fingerprint density at radius 2 is 1.68 bits per heavy atom. The molecule has 1 amide bonds. The number of ether oxygens (including phenoxy) is 1. The van der Waals surface area contributed by atoms with Crippen molar-refractivity contribution < 1.29 is 19.4 Å². The number of benzene rings is 3. The summed E-state index contributed by atoms with van der Waals surface area (Å²) in [6.07, 6.45) is 0. The molecule has 3 aromatic carbocycles. The predicted octanol–water partition coefficient (Wildman–Crippen LogP) is 6.38. The van der Waals surface area contributed by atoms with E-state index in [1.807, 2.05) is 49.4 Å². The van der Waals surface area contributed by atoms with Crippen molar-refractivity contribution in [1.29, 1.82) is 0 Å². The number of carbonyl (C=O) groups is 2. The smallest absolute Gasteiger partial charge is 0.341 e. The van der Waals surface area contributed by atoms with Crippen molar-refractivity contribution in [3.8, 4) is 5.75 Å². The number of nitrogens with zero attached hydrogens (tertiary/aromatic N) is 1. The molecule has 0 saturated carbocycles. The van der Waals surface area contributed by atoms with Crippen molar-refractivity contribution in [3.63, 3.8) is 0 Å². The van der Waals surface area contributed by atoms with Crippen LogP contribution in [0.2, 0.25) is 0 Å². The Morgan fingerprint density at radius 3 is 2.41 bits per heavy atom. The van der Waals surface area contributed by atoms with Crippen LogP contribution in [0.5, 0.6) is 5.75 Å². The van der Waals surface area contributed by atoms with Gasteiger partial charge in [0, 0.05) is 28.7 Å². The Hall–Kier alpha value is -4.06. The normalized spacial score (nSPS) is 12.1. The van der Waals surface area contributed by atoms with E-state index in [1.54, 1.807) is 6.07 Å². The molecule has 0 spiro atoms. The fourth-order valence-electron chi connectivity index (χ4n) is 4.61. The molecule has 1 unspecified atom stereocenters. The molecule has 0 aliphatic rings. The Bertz CT molecular complexity index is 1450. The number of aliphatic carboxylic acids is 1. The number of aromatic nitrogens is 1. The van der Waals surface area contributed by atoms with Crippen molar-refractivity contribution in [2.24, 2.45) is 0 Å². The first kappa shape index (κ1) is 26.0. The molecule has 6 nitrogen and oxygen atoms in total. The lowest BCUT2D eigenvalue weighted by molar-refractivity contribution is -0.139. The van der Waals surface area contributed by atoms with Crippen molar-refractivity contribution in [2.75, 3.05) is 6.61 Å². The number of aryl methyl sites for hydroxylation is 1. The molecule has 4 rings (SSSR count). The summed E-state index contributed by atoms with van der Waals surface area (Å²) in [6, 6.07) is 21.6. The van der Waals surface area contributed by atoms with Crippen molar-refractivity contribution in [1.82, 2.24) is 9.88 Å². The minimum atomic E-state index is -1.01. The molecule has 4 aromatic rings. The monoisotopic (exact) mass is 498 g/mol. The van der Waals surface area contributed by atoms with Crippen LogP contribution in [0.15, 0.2) is 66.7 Å². The number of carboxylic acids is 1. The fraction of sp³-hybridized carbons (Fsp3) is 0.290. The summed E-state index contributed by atoms with van der Waals surface area (Å²) in [4.78, 5) is 24.0. The number of rotatable bonds is 9. The summed E-state index contributed by atoms with van der Waals surface area (Å²) < 4.78 is 7.55. The Kier molecular flexibility index (Phi) is 7.67. The van der Waals surface area contributed by atoms with Gasteiger partial charge in [0.15, 0.2) is 6.61 Å². The van der Waals surface area contributed by atoms with E-state index in [0.29, 0.717) is 23.8 Å². The van der Waals surface area contributed by atoms with Crippen LogP contribution in [-0.4, -0.2) is 28.2 Å². The molecule has 192 valence electrons. The lowest BCUT2D eigenvalue weighted by Crippen LogP contribution is -2.26. The summed E-state index contributed by atoms with van der Waals surface area (Å²) in [5, 5.41) is 13.1. The lowest BCUT2D eigenvalue weighted by Gasteiger charge is -2.16. The van der Waals surface area contributed by atoms with Gasteiger partial charge >= 0.3 is 5.97 Å². The molecular weight excluding hydrogens is 464 g/mol. The molecule has 0 fully saturated rings. The second-order valence-corrected chi connectivity index (χ2v) is 9.88. The molecule has 1 aromatic heterocycles. The first-order chi connectivity index (χ1) is 17.6. The second kappa shape index (κ2) is 10.9. The zero-order valence-electron chi connectivity index (χ0n) is 22.0. The van der Waals surface area contributed by atoms with Gasteiger partial charge in [-0.2, -0.15) is 0 Å². The third-order valence-corrected chi connectivity index (χ3v) is 6.93. The standard InChI is InChI=1S/C31H34N2O4/c1-19(2)24-9-7-10-25(15-24)21(4)32-31(36)26-12-13-29-28(16-26)20(3)22(5)33(29)17-23-8-6-11-27(14-23)37-18-30(34)35/h6-16,19,21H,17-18H2,1-5H3,(H,32,36)(H,34,35). The summed E-state index contributed by atoms with van der Waals surface area (Å²) >= 11 is 0. The van der Waals surface area contributed by atoms with Crippen LogP contribution < -0.4 is 10.1 Å². The zero-order valence-corrected chi connectivity index (χ0v) is 22.0. The van der Waals surface area contributed by atoms with E-state index in [4.69, 9.17) is 9.84 Å². The highest BCUT2D eigenvalue weighted by Gasteiger charge is 2.17.